The minimum absolute atomic E-state index is 0.220. The molecule has 1 N–H and O–H groups in total. The molecule has 2 aromatic rings. The Morgan fingerprint density at radius 3 is 1.97 bits per heavy atom. The number of carbonyl (C=O) groups excluding carboxylic acids is 2. The number of ether oxygens (including phenoxy) is 1. The van der Waals surface area contributed by atoms with Gasteiger partial charge in [-0.3, -0.25) is 9.59 Å². The van der Waals surface area contributed by atoms with E-state index in [1.54, 1.807) is 0 Å². The Labute approximate surface area is 193 Å². The Kier molecular flexibility index (Phi) is 9.96. The molecule has 2 rings (SSSR count). The van der Waals surface area contributed by atoms with Gasteiger partial charge >= 0.3 is 5.97 Å². The molecule has 4 nitrogen and oxygen atoms in total. The van der Waals surface area contributed by atoms with E-state index < -0.39 is 11.9 Å². The number of anilines is 1. The van der Waals surface area contributed by atoms with E-state index in [1.165, 1.54) is 0 Å². The second kappa shape index (κ2) is 12.4. The fourth-order valence-electron chi connectivity index (χ4n) is 3.94. The summed E-state index contributed by atoms with van der Waals surface area (Å²) in [4.78, 5) is 26.7. The van der Waals surface area contributed by atoms with Crippen LogP contribution in [0.5, 0.6) is 0 Å². The third kappa shape index (κ3) is 6.94. The van der Waals surface area contributed by atoms with E-state index in [-0.39, 0.29) is 23.8 Å². The van der Waals surface area contributed by atoms with E-state index in [1.807, 2.05) is 55.5 Å². The van der Waals surface area contributed by atoms with Gasteiger partial charge in [-0.2, -0.15) is 0 Å². The number of carbonyl (C=O) groups is 2. The van der Waals surface area contributed by atoms with E-state index >= 15 is 0 Å². The highest BCUT2D eigenvalue weighted by Crippen LogP contribution is 2.33. The Balaban J connectivity index is 2.34. The molecule has 4 heteroatoms. The average Bonchev–Trinajstić information content (AvgIpc) is 2.74. The SMILES string of the molecule is CCCCCC(C)OC(=O)C(C(=O)Nc1c(C(C)C)cccc1C(C)C)c1ccccc1. The van der Waals surface area contributed by atoms with Crippen LogP contribution in [0.25, 0.3) is 0 Å². The summed E-state index contributed by atoms with van der Waals surface area (Å²) in [5.41, 5.74) is 3.59. The van der Waals surface area contributed by atoms with Crippen LogP contribution in [0.4, 0.5) is 5.69 Å². The zero-order valence-corrected chi connectivity index (χ0v) is 20.5. The first kappa shape index (κ1) is 25.6. The standard InChI is InChI=1S/C28H39NO3/c1-7-8-10-14-21(6)32-28(31)25(22-15-11-9-12-16-22)27(30)29-26-23(19(2)3)17-13-18-24(26)20(4)5/h9,11-13,15-21,25H,7-8,10,14H2,1-6H3,(H,29,30). The van der Waals surface area contributed by atoms with Crippen LogP contribution in [0.2, 0.25) is 0 Å². The third-order valence-corrected chi connectivity index (χ3v) is 5.78. The van der Waals surface area contributed by atoms with Crippen molar-refractivity contribution >= 4 is 17.6 Å². The fraction of sp³-hybridized carbons (Fsp3) is 0.500. The van der Waals surface area contributed by atoms with Crippen LogP contribution in [0, 0.1) is 0 Å². The minimum atomic E-state index is -1.01. The lowest BCUT2D eigenvalue weighted by molar-refractivity contribution is -0.152. The second-order valence-corrected chi connectivity index (χ2v) is 9.20. The van der Waals surface area contributed by atoms with Crippen molar-refractivity contribution in [2.75, 3.05) is 5.32 Å². The van der Waals surface area contributed by atoms with Crippen molar-refractivity contribution in [1.29, 1.82) is 0 Å². The van der Waals surface area contributed by atoms with Gasteiger partial charge < -0.3 is 10.1 Å². The zero-order chi connectivity index (χ0) is 23.7. The highest BCUT2D eigenvalue weighted by molar-refractivity contribution is 6.10. The maximum absolute atomic E-state index is 13.5. The van der Waals surface area contributed by atoms with Crippen molar-refractivity contribution in [2.45, 2.75) is 91.1 Å². The molecule has 2 atom stereocenters. The summed E-state index contributed by atoms with van der Waals surface area (Å²) < 4.78 is 5.73. The van der Waals surface area contributed by atoms with Crippen molar-refractivity contribution in [2.24, 2.45) is 0 Å². The summed E-state index contributed by atoms with van der Waals surface area (Å²) in [7, 11) is 0. The van der Waals surface area contributed by atoms with Crippen molar-refractivity contribution in [3.05, 3.63) is 65.2 Å². The topological polar surface area (TPSA) is 55.4 Å². The number of esters is 1. The molecular weight excluding hydrogens is 398 g/mol. The van der Waals surface area contributed by atoms with Crippen molar-refractivity contribution in [3.8, 4) is 0 Å². The highest BCUT2D eigenvalue weighted by atomic mass is 16.5. The van der Waals surface area contributed by atoms with Gasteiger partial charge in [0.2, 0.25) is 5.91 Å². The molecule has 0 aliphatic rings. The van der Waals surface area contributed by atoms with Crippen LogP contribution in [0.15, 0.2) is 48.5 Å². The number of amides is 1. The normalized spacial score (nSPS) is 13.1. The number of nitrogens with one attached hydrogen (secondary N) is 1. The smallest absolute Gasteiger partial charge is 0.323 e. The zero-order valence-electron chi connectivity index (χ0n) is 20.5. The lowest BCUT2D eigenvalue weighted by atomic mass is 9.91. The van der Waals surface area contributed by atoms with E-state index in [0.717, 1.165) is 42.5 Å². The summed E-state index contributed by atoms with van der Waals surface area (Å²) in [5.74, 6) is -1.37. The quantitative estimate of drug-likeness (QED) is 0.230. The first-order valence-electron chi connectivity index (χ1n) is 11.9. The molecule has 0 spiro atoms. The molecule has 0 bridgehead atoms. The van der Waals surface area contributed by atoms with Gasteiger partial charge in [-0.05, 0) is 48.3 Å². The van der Waals surface area contributed by atoms with Gasteiger partial charge in [-0.15, -0.1) is 0 Å². The number of rotatable bonds is 11. The second-order valence-electron chi connectivity index (χ2n) is 9.20. The van der Waals surface area contributed by atoms with E-state index in [2.05, 4.69) is 39.9 Å². The van der Waals surface area contributed by atoms with Gasteiger partial charge in [0, 0.05) is 5.69 Å². The largest absolute Gasteiger partial charge is 0.462 e. The molecule has 1 amide bonds. The molecule has 0 aliphatic carbocycles. The van der Waals surface area contributed by atoms with Crippen LogP contribution in [0.1, 0.15) is 102 Å². The Morgan fingerprint density at radius 1 is 0.844 bits per heavy atom. The first-order valence-corrected chi connectivity index (χ1v) is 11.9. The summed E-state index contributed by atoms with van der Waals surface area (Å²) in [6.07, 6.45) is 3.81. The van der Waals surface area contributed by atoms with Gasteiger partial charge in [-0.1, -0.05) is 96.0 Å². The van der Waals surface area contributed by atoms with Crippen LogP contribution >= 0.6 is 0 Å². The predicted octanol–water partition coefficient (Wildman–Crippen LogP) is 7.17. The van der Waals surface area contributed by atoms with Gasteiger partial charge in [-0.25, -0.2) is 0 Å². The van der Waals surface area contributed by atoms with Gasteiger partial charge in [0.25, 0.3) is 0 Å². The maximum atomic E-state index is 13.5. The number of unbranched alkanes of at least 4 members (excludes halogenated alkanes) is 2. The Hall–Kier alpha value is -2.62. The Morgan fingerprint density at radius 2 is 1.44 bits per heavy atom. The number of hydrogen-bond acceptors (Lipinski definition) is 3. The van der Waals surface area contributed by atoms with E-state index in [4.69, 9.17) is 4.74 Å². The molecule has 2 unspecified atom stereocenters. The third-order valence-electron chi connectivity index (χ3n) is 5.78. The summed E-state index contributed by atoms with van der Waals surface area (Å²) in [6.45, 7) is 12.5. The molecule has 0 aromatic heterocycles. The van der Waals surface area contributed by atoms with Gasteiger partial charge in [0.15, 0.2) is 5.92 Å². The van der Waals surface area contributed by atoms with Crippen molar-refractivity contribution in [1.82, 2.24) is 0 Å². The first-order chi connectivity index (χ1) is 15.3. The molecule has 174 valence electrons. The van der Waals surface area contributed by atoms with Crippen LogP contribution < -0.4 is 5.32 Å². The summed E-state index contributed by atoms with van der Waals surface area (Å²) in [5, 5.41) is 3.11. The van der Waals surface area contributed by atoms with E-state index in [0.29, 0.717) is 5.56 Å². The minimum Gasteiger partial charge on any atom is -0.462 e. The molecular formula is C28H39NO3. The highest BCUT2D eigenvalue weighted by Gasteiger charge is 2.32. The lowest BCUT2D eigenvalue weighted by Crippen LogP contribution is -2.32. The summed E-state index contributed by atoms with van der Waals surface area (Å²) >= 11 is 0. The lowest BCUT2D eigenvalue weighted by Gasteiger charge is -2.23. The molecule has 0 radical (unpaired) electrons. The van der Waals surface area contributed by atoms with Crippen LogP contribution in [-0.4, -0.2) is 18.0 Å². The average molecular weight is 438 g/mol. The molecule has 0 saturated carbocycles. The monoisotopic (exact) mass is 437 g/mol. The number of benzene rings is 2. The number of para-hydroxylation sites is 1. The molecule has 0 heterocycles. The van der Waals surface area contributed by atoms with Gasteiger partial charge in [0.05, 0.1) is 6.10 Å². The maximum Gasteiger partial charge on any atom is 0.323 e. The fourth-order valence-corrected chi connectivity index (χ4v) is 3.94. The van der Waals surface area contributed by atoms with Crippen LogP contribution in [0.3, 0.4) is 0 Å². The van der Waals surface area contributed by atoms with Crippen molar-refractivity contribution < 1.29 is 14.3 Å². The van der Waals surface area contributed by atoms with Crippen molar-refractivity contribution in [3.63, 3.8) is 0 Å². The predicted molar refractivity (Wildman–Crippen MR) is 132 cm³/mol. The van der Waals surface area contributed by atoms with Gasteiger partial charge in [0.1, 0.15) is 0 Å². The molecule has 0 saturated heterocycles. The van der Waals surface area contributed by atoms with E-state index in [9.17, 15) is 9.59 Å². The molecule has 2 aromatic carbocycles. The number of hydrogen-bond donors (Lipinski definition) is 1. The summed E-state index contributed by atoms with van der Waals surface area (Å²) in [6, 6.07) is 15.3. The Bertz CT molecular complexity index is 847. The molecule has 0 aliphatic heterocycles. The molecule has 0 fully saturated rings. The molecule has 32 heavy (non-hydrogen) atoms. The van der Waals surface area contributed by atoms with Crippen LogP contribution in [-0.2, 0) is 14.3 Å².